The first-order valence-corrected chi connectivity index (χ1v) is 16.7. The average molecular weight is 657 g/mol. The lowest BCUT2D eigenvalue weighted by atomic mass is 9.96. The Hall–Kier alpha value is -4.77. The third kappa shape index (κ3) is 10.6. The highest BCUT2D eigenvalue weighted by Gasteiger charge is 2.31. The van der Waals surface area contributed by atoms with Crippen LogP contribution in [-0.2, 0) is 33.9 Å². The van der Waals surface area contributed by atoms with Crippen molar-refractivity contribution in [2.75, 3.05) is 20.2 Å². The summed E-state index contributed by atoms with van der Waals surface area (Å²) in [6.45, 7) is 8.11. The molecule has 0 saturated heterocycles. The van der Waals surface area contributed by atoms with Crippen molar-refractivity contribution >= 4 is 23.6 Å². The smallest absolute Gasteiger partial charge is 0.251 e. The number of nitrogens with one attached hydrogen (secondary N) is 4. The lowest BCUT2D eigenvalue weighted by Crippen LogP contribution is -2.58. The Morgan fingerprint density at radius 3 is 2.23 bits per heavy atom. The van der Waals surface area contributed by atoms with Gasteiger partial charge in [0.2, 0.25) is 17.7 Å². The zero-order chi connectivity index (χ0) is 34.5. The van der Waals surface area contributed by atoms with E-state index in [-0.39, 0.29) is 24.2 Å². The Balaban J connectivity index is 1.59. The van der Waals surface area contributed by atoms with E-state index < -0.39 is 29.9 Å². The molecule has 48 heavy (non-hydrogen) atoms. The molecule has 0 spiro atoms. The Labute approximate surface area is 283 Å². The predicted molar refractivity (Wildman–Crippen MR) is 184 cm³/mol. The largest absolute Gasteiger partial charge is 0.497 e. The van der Waals surface area contributed by atoms with Crippen LogP contribution < -0.4 is 26.0 Å². The van der Waals surface area contributed by atoms with Crippen LogP contribution in [0.15, 0.2) is 73.1 Å². The molecule has 2 bridgehead atoms. The van der Waals surface area contributed by atoms with Gasteiger partial charge in [-0.25, -0.2) is 0 Å². The SMILES string of the molecule is CC[C@H](C)C1NC(=O)c2ccc(cc2)CN(Cc2ccncc2)CCCCNC(=O)[C@@H](C)NC(=O)[C@H](Cc2ccc(OC)cc2)NC1=O. The molecule has 256 valence electrons. The predicted octanol–water partition coefficient (Wildman–Crippen LogP) is 3.38. The first kappa shape index (κ1) is 36.1. The summed E-state index contributed by atoms with van der Waals surface area (Å²) in [5.74, 6) is -1.20. The number of benzene rings is 2. The van der Waals surface area contributed by atoms with Crippen molar-refractivity contribution in [2.24, 2.45) is 5.92 Å². The highest BCUT2D eigenvalue weighted by molar-refractivity contribution is 5.99. The van der Waals surface area contributed by atoms with E-state index in [1.54, 1.807) is 50.7 Å². The summed E-state index contributed by atoms with van der Waals surface area (Å²) in [6, 6.07) is 15.9. The van der Waals surface area contributed by atoms with Gasteiger partial charge in [-0.15, -0.1) is 0 Å². The second kappa shape index (κ2) is 18.0. The molecule has 0 saturated carbocycles. The number of fused-ring (bicyclic) bond motifs is 18. The Bertz CT molecular complexity index is 1500. The number of methoxy groups -OCH3 is 1. The van der Waals surface area contributed by atoms with Gasteiger partial charge < -0.3 is 26.0 Å². The molecule has 11 nitrogen and oxygen atoms in total. The maximum absolute atomic E-state index is 13.8. The van der Waals surface area contributed by atoms with Crippen molar-refractivity contribution in [3.8, 4) is 5.75 Å². The fourth-order valence-corrected chi connectivity index (χ4v) is 5.58. The van der Waals surface area contributed by atoms with Gasteiger partial charge in [0, 0.05) is 44.0 Å². The number of hydrogen-bond donors (Lipinski definition) is 4. The molecular formula is C37H48N6O5. The van der Waals surface area contributed by atoms with E-state index >= 15 is 0 Å². The number of carbonyl (C=O) groups excluding carboxylic acids is 4. The van der Waals surface area contributed by atoms with E-state index in [0.29, 0.717) is 30.8 Å². The minimum absolute atomic E-state index is 0.175. The van der Waals surface area contributed by atoms with Gasteiger partial charge >= 0.3 is 0 Å². The average Bonchev–Trinajstić information content (AvgIpc) is 3.10. The number of pyridine rings is 1. The molecule has 2 aliphatic rings. The quantitative estimate of drug-likeness (QED) is 0.286. The number of rotatable bonds is 7. The summed E-state index contributed by atoms with van der Waals surface area (Å²) in [5.41, 5.74) is 3.43. The van der Waals surface area contributed by atoms with Crippen LogP contribution in [0, 0.1) is 5.92 Å². The second-order valence-electron chi connectivity index (χ2n) is 12.4. The second-order valence-corrected chi connectivity index (χ2v) is 12.4. The van der Waals surface area contributed by atoms with Gasteiger partial charge in [-0.3, -0.25) is 29.1 Å². The zero-order valence-corrected chi connectivity index (χ0v) is 28.3. The number of carbonyl (C=O) groups is 4. The van der Waals surface area contributed by atoms with E-state index in [4.69, 9.17) is 4.74 Å². The first-order chi connectivity index (χ1) is 23.2. The van der Waals surface area contributed by atoms with Crippen molar-refractivity contribution in [3.63, 3.8) is 0 Å². The Morgan fingerprint density at radius 1 is 0.854 bits per heavy atom. The van der Waals surface area contributed by atoms with Crippen LogP contribution in [0.1, 0.15) is 67.1 Å². The number of aromatic nitrogens is 1. The zero-order valence-electron chi connectivity index (χ0n) is 28.3. The molecule has 11 heteroatoms. The van der Waals surface area contributed by atoms with Gasteiger partial charge in [-0.2, -0.15) is 0 Å². The standard InChI is InChI=1S/C37H48N6O5/c1-5-25(2)33-37(47)41-32(22-27-10-14-31(48-4)15-11-27)36(46)40-26(3)34(44)39-18-6-7-21-43(24-29-16-19-38-20-17-29)23-28-8-12-30(13-9-28)35(45)42-33/h8-17,19-20,25-26,32-33H,5-7,18,21-24H2,1-4H3,(H,39,44)(H,40,46)(H,41,47)(H,42,45)/t25-,26+,32-,33?/m0/s1. The summed E-state index contributed by atoms with van der Waals surface area (Å²) < 4.78 is 5.26. The van der Waals surface area contributed by atoms with Crippen molar-refractivity contribution < 1.29 is 23.9 Å². The summed E-state index contributed by atoms with van der Waals surface area (Å²) in [6.07, 6.45) is 5.96. The van der Waals surface area contributed by atoms with Crippen molar-refractivity contribution in [1.29, 1.82) is 0 Å². The minimum atomic E-state index is -0.996. The molecule has 2 aromatic carbocycles. The van der Waals surface area contributed by atoms with Crippen molar-refractivity contribution in [1.82, 2.24) is 31.2 Å². The highest BCUT2D eigenvalue weighted by Crippen LogP contribution is 2.16. The molecule has 0 radical (unpaired) electrons. The van der Waals surface area contributed by atoms with E-state index in [1.165, 1.54) is 0 Å². The van der Waals surface area contributed by atoms with Crippen molar-refractivity contribution in [3.05, 3.63) is 95.3 Å². The van der Waals surface area contributed by atoms with Crippen LogP contribution in [0.5, 0.6) is 5.75 Å². The molecule has 4 N–H and O–H groups in total. The molecule has 4 amide bonds. The summed E-state index contributed by atoms with van der Waals surface area (Å²) in [7, 11) is 1.57. The fourth-order valence-electron chi connectivity index (χ4n) is 5.58. The minimum Gasteiger partial charge on any atom is -0.497 e. The lowest BCUT2D eigenvalue weighted by molar-refractivity contribution is -0.132. The number of amides is 4. The molecule has 2 aliphatic heterocycles. The lowest BCUT2D eigenvalue weighted by Gasteiger charge is -2.27. The Kier molecular flexibility index (Phi) is 13.5. The van der Waals surface area contributed by atoms with Gasteiger partial charge in [-0.1, -0.05) is 44.5 Å². The topological polar surface area (TPSA) is 142 Å². The van der Waals surface area contributed by atoms with Gasteiger partial charge in [0.25, 0.3) is 5.91 Å². The maximum Gasteiger partial charge on any atom is 0.251 e. The van der Waals surface area contributed by atoms with Crippen LogP contribution in [0.4, 0.5) is 0 Å². The van der Waals surface area contributed by atoms with Crippen LogP contribution in [0.3, 0.4) is 0 Å². The third-order valence-corrected chi connectivity index (χ3v) is 8.74. The molecule has 1 aromatic heterocycles. The summed E-state index contributed by atoms with van der Waals surface area (Å²) in [4.78, 5) is 60.3. The summed E-state index contributed by atoms with van der Waals surface area (Å²) >= 11 is 0. The van der Waals surface area contributed by atoms with Gasteiger partial charge in [0.1, 0.15) is 23.9 Å². The van der Waals surface area contributed by atoms with Crippen LogP contribution >= 0.6 is 0 Å². The Morgan fingerprint density at radius 2 is 1.56 bits per heavy atom. The van der Waals surface area contributed by atoms with Crippen molar-refractivity contribution in [2.45, 2.75) is 77.7 Å². The van der Waals surface area contributed by atoms with Crippen LogP contribution in [0.25, 0.3) is 0 Å². The molecule has 0 fully saturated rings. The molecule has 1 unspecified atom stereocenters. The van der Waals surface area contributed by atoms with Gasteiger partial charge in [0.05, 0.1) is 7.11 Å². The number of ether oxygens (including phenoxy) is 1. The fraction of sp³-hybridized carbons (Fsp3) is 0.432. The molecule has 3 heterocycles. The molecule has 3 aromatic rings. The van der Waals surface area contributed by atoms with E-state index in [9.17, 15) is 19.2 Å². The molecule has 4 atom stereocenters. The van der Waals surface area contributed by atoms with Gasteiger partial charge in [-0.05, 0) is 85.3 Å². The third-order valence-electron chi connectivity index (χ3n) is 8.74. The number of hydrogen-bond acceptors (Lipinski definition) is 7. The number of nitrogens with zero attached hydrogens (tertiary/aromatic N) is 2. The first-order valence-electron chi connectivity index (χ1n) is 16.7. The highest BCUT2D eigenvalue weighted by atomic mass is 16.5. The van der Waals surface area contributed by atoms with Crippen LogP contribution in [0.2, 0.25) is 0 Å². The van der Waals surface area contributed by atoms with Gasteiger partial charge in [0.15, 0.2) is 0 Å². The normalized spacial score (nSPS) is 21.2. The maximum atomic E-state index is 13.8. The van der Waals surface area contributed by atoms with E-state index in [1.807, 2.05) is 50.2 Å². The summed E-state index contributed by atoms with van der Waals surface area (Å²) in [5, 5.41) is 11.5. The monoisotopic (exact) mass is 656 g/mol. The van der Waals surface area contributed by atoms with Crippen LogP contribution in [-0.4, -0.2) is 71.8 Å². The molecular weight excluding hydrogens is 608 g/mol. The molecule has 5 rings (SSSR count). The molecule has 0 aliphatic carbocycles. The van der Waals surface area contributed by atoms with E-state index in [0.717, 1.165) is 42.6 Å². The van der Waals surface area contributed by atoms with E-state index in [2.05, 4.69) is 31.2 Å².